The van der Waals surface area contributed by atoms with Crippen LogP contribution >= 0.6 is 0 Å². The Morgan fingerprint density at radius 2 is 2.12 bits per heavy atom. The normalized spacial score (nSPS) is 23.1. The third kappa shape index (κ3) is 3.00. The third-order valence-corrected chi connectivity index (χ3v) is 3.23. The molecule has 1 heterocycles. The zero-order valence-electron chi connectivity index (χ0n) is 11.0. The van der Waals surface area contributed by atoms with Gasteiger partial charge in [-0.05, 0) is 45.6 Å². The zero-order valence-corrected chi connectivity index (χ0v) is 11.0. The average molecular weight is 238 g/mol. The molecule has 4 nitrogen and oxygen atoms in total. The van der Waals surface area contributed by atoms with Gasteiger partial charge in [0.1, 0.15) is 5.60 Å². The summed E-state index contributed by atoms with van der Waals surface area (Å²) in [5.41, 5.74) is 6.81. The summed E-state index contributed by atoms with van der Waals surface area (Å²) < 4.78 is 5.38. The molecule has 96 valence electrons. The van der Waals surface area contributed by atoms with E-state index in [1.54, 1.807) is 4.90 Å². The van der Waals surface area contributed by atoms with Gasteiger partial charge in [-0.1, -0.05) is 6.08 Å². The second kappa shape index (κ2) is 4.02. The quantitative estimate of drug-likeness (QED) is 0.711. The maximum absolute atomic E-state index is 11.9. The number of carbonyl (C=O) groups is 1. The lowest BCUT2D eigenvalue weighted by molar-refractivity contribution is 0.0259. The number of hydrogen-bond acceptors (Lipinski definition) is 3. The van der Waals surface area contributed by atoms with Crippen LogP contribution in [0.2, 0.25) is 0 Å². The smallest absolute Gasteiger partial charge is 0.410 e. The molecule has 2 rings (SSSR count). The van der Waals surface area contributed by atoms with Crippen molar-refractivity contribution in [2.45, 2.75) is 51.2 Å². The largest absolute Gasteiger partial charge is 0.444 e. The summed E-state index contributed by atoms with van der Waals surface area (Å²) in [6.45, 7) is 7.02. The molecule has 0 aromatic heterocycles. The van der Waals surface area contributed by atoms with Gasteiger partial charge in [0.05, 0.1) is 0 Å². The SMILES string of the molecule is CC(C)(C)OC(=O)N1CCC=C(C2(N)CC2)C1. The number of nitrogens with two attached hydrogens (primary N) is 1. The molecule has 0 aromatic carbocycles. The van der Waals surface area contributed by atoms with Gasteiger partial charge < -0.3 is 15.4 Å². The van der Waals surface area contributed by atoms with Crippen LogP contribution in [0.25, 0.3) is 0 Å². The molecule has 0 bridgehead atoms. The van der Waals surface area contributed by atoms with Crippen molar-refractivity contribution in [3.63, 3.8) is 0 Å². The highest BCUT2D eigenvalue weighted by Crippen LogP contribution is 2.40. The summed E-state index contributed by atoms with van der Waals surface area (Å²) in [6.07, 6.45) is 4.93. The number of amides is 1. The third-order valence-electron chi connectivity index (χ3n) is 3.23. The van der Waals surface area contributed by atoms with Gasteiger partial charge in [-0.25, -0.2) is 4.79 Å². The lowest BCUT2D eigenvalue weighted by Gasteiger charge is -2.32. The van der Waals surface area contributed by atoms with Gasteiger partial charge in [0.25, 0.3) is 0 Å². The number of rotatable bonds is 1. The number of carbonyl (C=O) groups excluding carboxylic acids is 1. The summed E-state index contributed by atoms with van der Waals surface area (Å²) in [7, 11) is 0. The van der Waals surface area contributed by atoms with Crippen molar-refractivity contribution in [1.82, 2.24) is 4.90 Å². The lowest BCUT2D eigenvalue weighted by atomic mass is 10.0. The van der Waals surface area contributed by atoms with Crippen LogP contribution in [0.3, 0.4) is 0 Å². The van der Waals surface area contributed by atoms with E-state index in [-0.39, 0.29) is 11.6 Å². The van der Waals surface area contributed by atoms with Crippen molar-refractivity contribution in [2.75, 3.05) is 13.1 Å². The Morgan fingerprint density at radius 1 is 1.47 bits per heavy atom. The second-order valence-electron chi connectivity index (χ2n) is 6.08. The Labute approximate surface area is 103 Å². The Balaban J connectivity index is 1.96. The van der Waals surface area contributed by atoms with E-state index in [0.717, 1.165) is 25.8 Å². The van der Waals surface area contributed by atoms with Crippen LogP contribution < -0.4 is 5.73 Å². The minimum Gasteiger partial charge on any atom is -0.444 e. The van der Waals surface area contributed by atoms with Crippen LogP contribution in [0.4, 0.5) is 4.79 Å². The Morgan fingerprint density at radius 3 is 2.65 bits per heavy atom. The van der Waals surface area contributed by atoms with Crippen molar-refractivity contribution >= 4 is 6.09 Å². The van der Waals surface area contributed by atoms with Crippen LogP contribution in [0, 0.1) is 0 Å². The Hall–Kier alpha value is -1.03. The van der Waals surface area contributed by atoms with Crippen LogP contribution in [-0.2, 0) is 4.74 Å². The van der Waals surface area contributed by atoms with Gasteiger partial charge in [-0.3, -0.25) is 0 Å². The fourth-order valence-electron chi connectivity index (χ4n) is 2.04. The van der Waals surface area contributed by atoms with E-state index in [1.165, 1.54) is 5.57 Å². The minimum absolute atomic E-state index is 0.124. The Bertz CT molecular complexity index is 351. The van der Waals surface area contributed by atoms with E-state index in [9.17, 15) is 4.79 Å². The first-order valence-corrected chi connectivity index (χ1v) is 6.26. The molecular formula is C13H22N2O2. The van der Waals surface area contributed by atoms with Gasteiger partial charge in [0, 0.05) is 18.6 Å². The molecule has 0 aromatic rings. The fourth-order valence-corrected chi connectivity index (χ4v) is 2.04. The van der Waals surface area contributed by atoms with Crippen LogP contribution in [-0.4, -0.2) is 35.2 Å². The van der Waals surface area contributed by atoms with E-state index < -0.39 is 5.60 Å². The standard InChI is InChI=1S/C13H22N2O2/c1-12(2,3)17-11(16)15-8-4-5-10(9-15)13(14)6-7-13/h5H,4,6-9,14H2,1-3H3. The first kappa shape index (κ1) is 12.4. The molecule has 1 aliphatic heterocycles. The van der Waals surface area contributed by atoms with Gasteiger partial charge >= 0.3 is 6.09 Å². The van der Waals surface area contributed by atoms with Crippen LogP contribution in [0.1, 0.15) is 40.0 Å². The van der Waals surface area contributed by atoms with Crippen molar-refractivity contribution in [3.8, 4) is 0 Å². The highest BCUT2D eigenvalue weighted by molar-refractivity contribution is 5.69. The molecule has 0 saturated heterocycles. The van der Waals surface area contributed by atoms with Crippen LogP contribution in [0.5, 0.6) is 0 Å². The number of hydrogen-bond donors (Lipinski definition) is 1. The van der Waals surface area contributed by atoms with E-state index in [1.807, 2.05) is 20.8 Å². The van der Waals surface area contributed by atoms with Gasteiger partial charge in [0.2, 0.25) is 0 Å². The molecule has 1 saturated carbocycles. The second-order valence-corrected chi connectivity index (χ2v) is 6.08. The van der Waals surface area contributed by atoms with Crippen molar-refractivity contribution < 1.29 is 9.53 Å². The first-order chi connectivity index (χ1) is 7.80. The highest BCUT2D eigenvalue weighted by Gasteiger charge is 2.43. The molecule has 1 aliphatic carbocycles. The van der Waals surface area contributed by atoms with Gasteiger partial charge in [0.15, 0.2) is 0 Å². The summed E-state index contributed by atoms with van der Waals surface area (Å²) in [5, 5.41) is 0. The van der Waals surface area contributed by atoms with E-state index in [4.69, 9.17) is 10.5 Å². The first-order valence-electron chi connectivity index (χ1n) is 6.26. The van der Waals surface area contributed by atoms with E-state index >= 15 is 0 Å². The molecule has 0 atom stereocenters. The molecule has 0 spiro atoms. The molecule has 0 unspecified atom stereocenters. The topological polar surface area (TPSA) is 55.6 Å². The molecule has 17 heavy (non-hydrogen) atoms. The summed E-state index contributed by atoms with van der Waals surface area (Å²) in [4.78, 5) is 13.7. The van der Waals surface area contributed by atoms with E-state index in [0.29, 0.717) is 6.54 Å². The molecule has 4 heteroatoms. The molecular weight excluding hydrogens is 216 g/mol. The monoisotopic (exact) mass is 238 g/mol. The van der Waals surface area contributed by atoms with E-state index in [2.05, 4.69) is 6.08 Å². The molecule has 0 radical (unpaired) electrons. The molecule has 1 fully saturated rings. The Kier molecular flexibility index (Phi) is 2.94. The van der Waals surface area contributed by atoms with Gasteiger partial charge in [-0.2, -0.15) is 0 Å². The summed E-state index contributed by atoms with van der Waals surface area (Å²) in [6, 6.07) is 0. The van der Waals surface area contributed by atoms with Crippen LogP contribution in [0.15, 0.2) is 11.6 Å². The van der Waals surface area contributed by atoms with Crippen molar-refractivity contribution in [3.05, 3.63) is 11.6 Å². The number of nitrogens with zero attached hydrogens (tertiary/aromatic N) is 1. The summed E-state index contributed by atoms with van der Waals surface area (Å²) >= 11 is 0. The summed E-state index contributed by atoms with van der Waals surface area (Å²) in [5.74, 6) is 0. The maximum Gasteiger partial charge on any atom is 0.410 e. The zero-order chi connectivity index (χ0) is 12.7. The molecule has 2 aliphatic rings. The predicted molar refractivity (Wildman–Crippen MR) is 66.7 cm³/mol. The molecule has 2 N–H and O–H groups in total. The predicted octanol–water partition coefficient (Wildman–Crippen LogP) is 2.04. The molecule has 1 amide bonds. The maximum atomic E-state index is 11.9. The van der Waals surface area contributed by atoms with Crippen molar-refractivity contribution in [1.29, 1.82) is 0 Å². The highest BCUT2D eigenvalue weighted by atomic mass is 16.6. The minimum atomic E-state index is -0.432. The fraction of sp³-hybridized carbons (Fsp3) is 0.769. The average Bonchev–Trinajstić information content (AvgIpc) is 2.96. The van der Waals surface area contributed by atoms with Crippen molar-refractivity contribution in [2.24, 2.45) is 5.73 Å². The van der Waals surface area contributed by atoms with Gasteiger partial charge in [-0.15, -0.1) is 0 Å². The lowest BCUT2D eigenvalue weighted by Crippen LogP contribution is -2.43. The number of ether oxygens (including phenoxy) is 1.